The number of carboxylic acids is 1. The first-order valence-corrected chi connectivity index (χ1v) is 10.4. The molecule has 2 amide bonds. The number of anilines is 2. The van der Waals surface area contributed by atoms with Crippen molar-refractivity contribution >= 4 is 29.5 Å². The summed E-state index contributed by atoms with van der Waals surface area (Å²) < 4.78 is 11.1. The molecule has 0 radical (unpaired) electrons. The molecule has 0 saturated carbocycles. The third kappa shape index (κ3) is 3.97. The lowest BCUT2D eigenvalue weighted by molar-refractivity contribution is 0.0686. The molecule has 0 unspecified atom stereocenters. The molecule has 0 atom stereocenters. The van der Waals surface area contributed by atoms with E-state index in [9.17, 15) is 19.5 Å². The van der Waals surface area contributed by atoms with Gasteiger partial charge in [-0.3, -0.25) is 14.8 Å². The average molecular weight is 474 g/mol. The Kier molecular flexibility index (Phi) is 5.45. The molecule has 0 aliphatic heterocycles. The number of aromatic nitrogens is 4. The van der Waals surface area contributed by atoms with Crippen LogP contribution in [0.15, 0.2) is 59.4 Å². The zero-order valence-corrected chi connectivity index (χ0v) is 18.3. The molecule has 176 valence electrons. The predicted octanol–water partition coefficient (Wildman–Crippen LogP) is 3.11. The summed E-state index contributed by atoms with van der Waals surface area (Å²) in [6, 6.07) is 15.8. The van der Waals surface area contributed by atoms with E-state index in [0.717, 1.165) is 26.9 Å². The Labute approximate surface area is 197 Å². The number of hydrogen-bond donors (Lipinski definition) is 3. The molecule has 2 heterocycles. The number of ether oxygens (including phenoxy) is 1. The van der Waals surface area contributed by atoms with Crippen LogP contribution in [0, 0.1) is 0 Å². The second kappa shape index (κ2) is 8.74. The van der Waals surface area contributed by atoms with E-state index < -0.39 is 18.0 Å². The van der Waals surface area contributed by atoms with Crippen molar-refractivity contribution in [2.75, 3.05) is 17.2 Å². The Bertz CT molecular complexity index is 1410. The molecule has 3 N–H and O–H groups in total. The van der Waals surface area contributed by atoms with Gasteiger partial charge in [-0.1, -0.05) is 48.5 Å². The second-order valence-electron chi connectivity index (χ2n) is 7.70. The van der Waals surface area contributed by atoms with Gasteiger partial charge in [-0.15, -0.1) is 0 Å². The Hall–Kier alpha value is -5.00. The summed E-state index contributed by atoms with van der Waals surface area (Å²) in [5, 5.41) is 24.9. The van der Waals surface area contributed by atoms with Crippen molar-refractivity contribution in [2.45, 2.75) is 5.92 Å². The van der Waals surface area contributed by atoms with Gasteiger partial charge in [0.1, 0.15) is 6.61 Å². The molecular weight excluding hydrogens is 456 g/mol. The van der Waals surface area contributed by atoms with Gasteiger partial charge in [0.25, 0.3) is 5.91 Å². The van der Waals surface area contributed by atoms with E-state index in [1.54, 1.807) is 0 Å². The van der Waals surface area contributed by atoms with Crippen molar-refractivity contribution in [3.05, 3.63) is 77.2 Å². The van der Waals surface area contributed by atoms with Crippen molar-refractivity contribution in [2.24, 2.45) is 7.05 Å². The van der Waals surface area contributed by atoms with Crippen LogP contribution in [-0.2, 0) is 11.8 Å². The van der Waals surface area contributed by atoms with Crippen LogP contribution in [0.5, 0.6) is 0 Å². The van der Waals surface area contributed by atoms with E-state index >= 15 is 0 Å². The zero-order chi connectivity index (χ0) is 24.5. The van der Waals surface area contributed by atoms with E-state index in [1.807, 2.05) is 48.5 Å². The molecule has 0 saturated heterocycles. The second-order valence-corrected chi connectivity index (χ2v) is 7.70. The lowest BCUT2D eigenvalue weighted by Gasteiger charge is -2.14. The molecule has 0 spiro atoms. The minimum Gasteiger partial charge on any atom is -0.476 e. The minimum absolute atomic E-state index is 0.0555. The van der Waals surface area contributed by atoms with Gasteiger partial charge in [-0.2, -0.15) is 5.10 Å². The van der Waals surface area contributed by atoms with Crippen LogP contribution in [-0.4, -0.2) is 49.8 Å². The lowest BCUT2D eigenvalue weighted by atomic mass is 9.98. The predicted molar refractivity (Wildman–Crippen MR) is 121 cm³/mol. The van der Waals surface area contributed by atoms with Crippen molar-refractivity contribution in [3.63, 3.8) is 0 Å². The molecule has 12 heteroatoms. The van der Waals surface area contributed by atoms with Crippen LogP contribution in [0.1, 0.15) is 38.0 Å². The fourth-order valence-corrected chi connectivity index (χ4v) is 4.11. The molecule has 2 aromatic heterocycles. The van der Waals surface area contributed by atoms with Crippen LogP contribution < -0.4 is 10.6 Å². The number of carbonyl (C=O) groups is 3. The maximum atomic E-state index is 12.6. The molecule has 2 aromatic carbocycles. The topological polar surface area (TPSA) is 161 Å². The van der Waals surface area contributed by atoms with Gasteiger partial charge < -0.3 is 15.2 Å². The van der Waals surface area contributed by atoms with Gasteiger partial charge in [0.2, 0.25) is 11.5 Å². The van der Waals surface area contributed by atoms with Gasteiger partial charge in [0.15, 0.2) is 5.69 Å². The Morgan fingerprint density at radius 2 is 1.69 bits per heavy atom. The van der Waals surface area contributed by atoms with Crippen molar-refractivity contribution in [1.29, 1.82) is 0 Å². The number of fused-ring (bicyclic) bond motifs is 3. The highest BCUT2D eigenvalue weighted by Crippen LogP contribution is 2.44. The van der Waals surface area contributed by atoms with Gasteiger partial charge in [-0.25, -0.2) is 14.2 Å². The third-order valence-electron chi connectivity index (χ3n) is 5.66. The largest absolute Gasteiger partial charge is 0.476 e. The van der Waals surface area contributed by atoms with Gasteiger partial charge in [0, 0.05) is 13.0 Å². The van der Waals surface area contributed by atoms with Crippen LogP contribution >= 0.6 is 0 Å². The fraction of sp³-hybridized carbons (Fsp3) is 0.130. The highest BCUT2D eigenvalue weighted by Gasteiger charge is 2.30. The highest BCUT2D eigenvalue weighted by molar-refractivity contribution is 6.09. The number of rotatable bonds is 6. The number of benzene rings is 2. The molecule has 1 aliphatic rings. The third-order valence-corrected chi connectivity index (χ3v) is 5.66. The van der Waals surface area contributed by atoms with E-state index in [1.165, 1.54) is 13.2 Å². The lowest BCUT2D eigenvalue weighted by Crippen LogP contribution is -2.21. The number of carboxylic acid groups (broad SMARTS) is 1. The Morgan fingerprint density at radius 1 is 1.03 bits per heavy atom. The van der Waals surface area contributed by atoms with Crippen molar-refractivity contribution < 1.29 is 28.9 Å². The number of amides is 2. The van der Waals surface area contributed by atoms with E-state index in [-0.39, 0.29) is 35.4 Å². The highest BCUT2D eigenvalue weighted by atomic mass is 16.6. The van der Waals surface area contributed by atoms with E-state index in [2.05, 4.69) is 30.7 Å². The van der Waals surface area contributed by atoms with Crippen LogP contribution in [0.2, 0.25) is 0 Å². The molecular formula is C23H18N6O6. The fourth-order valence-electron chi connectivity index (χ4n) is 4.11. The number of nitrogens with zero attached hydrogens (tertiary/aromatic N) is 4. The SMILES string of the molecule is Cn1ncc(NC(=O)c2nonc2NC(=O)OCC2c3ccccc3-c3ccccc32)c1C(=O)O. The first kappa shape index (κ1) is 21.8. The number of carbonyl (C=O) groups excluding carboxylic acids is 2. The van der Waals surface area contributed by atoms with Gasteiger partial charge >= 0.3 is 12.1 Å². The smallest absolute Gasteiger partial charge is 0.412 e. The van der Waals surface area contributed by atoms with E-state index in [4.69, 9.17) is 4.74 Å². The summed E-state index contributed by atoms with van der Waals surface area (Å²) in [7, 11) is 1.42. The molecule has 0 bridgehead atoms. The molecule has 0 fully saturated rings. The summed E-state index contributed by atoms with van der Waals surface area (Å²) in [5.41, 5.74) is 3.63. The zero-order valence-electron chi connectivity index (χ0n) is 18.3. The van der Waals surface area contributed by atoms with Crippen molar-refractivity contribution in [3.8, 4) is 11.1 Å². The molecule has 4 aromatic rings. The monoisotopic (exact) mass is 474 g/mol. The summed E-state index contributed by atoms with van der Waals surface area (Å²) in [6.07, 6.45) is 0.317. The maximum absolute atomic E-state index is 12.6. The van der Waals surface area contributed by atoms with Crippen LogP contribution in [0.4, 0.5) is 16.3 Å². The Balaban J connectivity index is 1.27. The number of aromatic carboxylic acids is 1. The molecule has 5 rings (SSSR count). The molecule has 1 aliphatic carbocycles. The maximum Gasteiger partial charge on any atom is 0.412 e. The number of aryl methyl sites for hydroxylation is 1. The van der Waals surface area contributed by atoms with Crippen molar-refractivity contribution in [1.82, 2.24) is 20.1 Å². The quantitative estimate of drug-likeness (QED) is 0.381. The first-order chi connectivity index (χ1) is 16.9. The average Bonchev–Trinajstić information content (AvgIpc) is 3.53. The summed E-state index contributed by atoms with van der Waals surface area (Å²) >= 11 is 0. The Morgan fingerprint density at radius 3 is 2.34 bits per heavy atom. The summed E-state index contributed by atoms with van der Waals surface area (Å²) in [6.45, 7) is 0.0598. The number of nitrogens with one attached hydrogen (secondary N) is 2. The first-order valence-electron chi connectivity index (χ1n) is 10.4. The molecule has 12 nitrogen and oxygen atoms in total. The standard InChI is InChI=1S/C23H18N6O6/c1-29-19(22(31)32)17(10-24-29)25-21(30)18-20(28-35-27-18)26-23(33)34-11-16-14-8-4-2-6-12(14)13-7-3-5-9-15(13)16/h2-10,16H,11H2,1H3,(H,25,30)(H,31,32)(H,26,28,33). The van der Waals surface area contributed by atoms with E-state index in [0.29, 0.717) is 0 Å². The number of hydrogen-bond acceptors (Lipinski definition) is 8. The summed E-state index contributed by atoms with van der Waals surface area (Å²) in [5.74, 6) is -2.56. The summed E-state index contributed by atoms with van der Waals surface area (Å²) in [4.78, 5) is 36.5. The molecule has 35 heavy (non-hydrogen) atoms. The van der Waals surface area contributed by atoms with Crippen LogP contribution in [0.25, 0.3) is 11.1 Å². The van der Waals surface area contributed by atoms with Crippen LogP contribution in [0.3, 0.4) is 0 Å². The van der Waals surface area contributed by atoms with Gasteiger partial charge in [-0.05, 0) is 32.6 Å². The minimum atomic E-state index is -1.28. The normalized spacial score (nSPS) is 12.0. The van der Waals surface area contributed by atoms with Gasteiger partial charge in [0.05, 0.1) is 11.9 Å².